The molecule has 0 aromatic rings. The monoisotopic (exact) mass is 220 g/mol. The van der Waals surface area contributed by atoms with Gasteiger partial charge < -0.3 is 16.2 Å². The Labute approximate surface area is 88.6 Å². The molecular weight excluding hydrogens is 204 g/mol. The lowest BCUT2D eigenvalue weighted by Gasteiger charge is -2.08. The standard InChI is InChI=1S/C8H16N2O3S/c9-4-1-2-7(11)13-8(12)6(10)3-5-14/h6,14H,1-5,9-10H2/t6-/m1/s1. The first-order valence-electron chi connectivity index (χ1n) is 4.42. The van der Waals surface area contributed by atoms with Crippen molar-refractivity contribution >= 4 is 24.6 Å². The Bertz CT molecular complexity index is 199. The first-order chi connectivity index (χ1) is 6.61. The number of ether oxygens (including phenoxy) is 1. The molecule has 0 aliphatic heterocycles. The van der Waals surface area contributed by atoms with Crippen molar-refractivity contribution in [2.75, 3.05) is 12.3 Å². The molecular formula is C8H16N2O3S. The molecule has 0 unspecified atom stereocenters. The molecule has 4 N–H and O–H groups in total. The van der Waals surface area contributed by atoms with Gasteiger partial charge in [0.1, 0.15) is 6.04 Å². The third kappa shape index (κ3) is 5.95. The van der Waals surface area contributed by atoms with Crippen molar-refractivity contribution in [3.63, 3.8) is 0 Å². The summed E-state index contributed by atoms with van der Waals surface area (Å²) in [6.45, 7) is 0.395. The molecule has 0 radical (unpaired) electrons. The molecule has 0 saturated carbocycles. The zero-order valence-electron chi connectivity index (χ0n) is 7.94. The fourth-order valence-corrected chi connectivity index (χ4v) is 1.02. The van der Waals surface area contributed by atoms with E-state index in [9.17, 15) is 9.59 Å². The van der Waals surface area contributed by atoms with Crippen molar-refractivity contribution in [3.8, 4) is 0 Å². The van der Waals surface area contributed by atoms with Crippen LogP contribution >= 0.6 is 12.6 Å². The summed E-state index contributed by atoms with van der Waals surface area (Å²) in [5, 5.41) is 0. The van der Waals surface area contributed by atoms with Crippen molar-refractivity contribution < 1.29 is 14.3 Å². The lowest BCUT2D eigenvalue weighted by molar-refractivity contribution is -0.160. The van der Waals surface area contributed by atoms with E-state index in [-0.39, 0.29) is 6.42 Å². The quantitative estimate of drug-likeness (QED) is 0.317. The first kappa shape index (κ1) is 13.4. The molecule has 1 atom stereocenters. The highest BCUT2D eigenvalue weighted by atomic mass is 32.1. The van der Waals surface area contributed by atoms with E-state index in [2.05, 4.69) is 17.4 Å². The van der Waals surface area contributed by atoms with Gasteiger partial charge in [0, 0.05) is 6.42 Å². The average Bonchev–Trinajstić information content (AvgIpc) is 2.15. The Kier molecular flexibility index (Phi) is 7.45. The van der Waals surface area contributed by atoms with Gasteiger partial charge in [-0.3, -0.25) is 4.79 Å². The van der Waals surface area contributed by atoms with Gasteiger partial charge in [0.05, 0.1) is 0 Å². The van der Waals surface area contributed by atoms with Crippen LogP contribution in [0.4, 0.5) is 0 Å². The summed E-state index contributed by atoms with van der Waals surface area (Å²) in [6, 6.07) is -0.769. The van der Waals surface area contributed by atoms with Gasteiger partial charge in [0.2, 0.25) is 0 Å². The third-order valence-electron chi connectivity index (χ3n) is 1.54. The second-order valence-electron chi connectivity index (χ2n) is 2.80. The van der Waals surface area contributed by atoms with Crippen molar-refractivity contribution in [2.45, 2.75) is 25.3 Å². The number of hydrogen-bond donors (Lipinski definition) is 3. The molecule has 82 valence electrons. The maximum absolute atomic E-state index is 11.1. The van der Waals surface area contributed by atoms with Gasteiger partial charge in [0.15, 0.2) is 0 Å². The molecule has 0 heterocycles. The number of hydrogen-bond acceptors (Lipinski definition) is 6. The molecule has 5 nitrogen and oxygen atoms in total. The number of rotatable bonds is 6. The smallest absolute Gasteiger partial charge is 0.330 e. The van der Waals surface area contributed by atoms with E-state index < -0.39 is 18.0 Å². The zero-order valence-corrected chi connectivity index (χ0v) is 8.83. The van der Waals surface area contributed by atoms with Crippen molar-refractivity contribution in [2.24, 2.45) is 11.5 Å². The van der Waals surface area contributed by atoms with E-state index in [0.717, 1.165) is 0 Å². The fraction of sp³-hybridized carbons (Fsp3) is 0.750. The van der Waals surface area contributed by atoms with Gasteiger partial charge in [-0.15, -0.1) is 0 Å². The molecule has 0 fully saturated rings. The molecule has 0 amide bonds. The average molecular weight is 220 g/mol. The summed E-state index contributed by atoms with van der Waals surface area (Å²) in [5.41, 5.74) is 10.6. The SMILES string of the molecule is NCCCC(=O)OC(=O)[C@H](N)CCS. The first-order valence-corrected chi connectivity index (χ1v) is 5.06. The predicted molar refractivity (Wildman–Crippen MR) is 55.8 cm³/mol. The topological polar surface area (TPSA) is 95.4 Å². The fourth-order valence-electron chi connectivity index (χ4n) is 0.742. The molecule has 0 spiro atoms. The Balaban J connectivity index is 3.75. The van der Waals surface area contributed by atoms with E-state index in [1.165, 1.54) is 0 Å². The van der Waals surface area contributed by atoms with E-state index >= 15 is 0 Å². The van der Waals surface area contributed by atoms with Gasteiger partial charge >= 0.3 is 11.9 Å². The molecule has 0 bridgehead atoms. The lowest BCUT2D eigenvalue weighted by Crippen LogP contribution is -2.34. The van der Waals surface area contributed by atoms with E-state index in [0.29, 0.717) is 25.1 Å². The predicted octanol–water partition coefficient (Wildman–Crippen LogP) is -0.558. The highest BCUT2D eigenvalue weighted by Crippen LogP contribution is 1.97. The normalized spacial score (nSPS) is 12.2. The van der Waals surface area contributed by atoms with Crippen LogP contribution in [0.15, 0.2) is 0 Å². The van der Waals surface area contributed by atoms with Crippen molar-refractivity contribution in [1.82, 2.24) is 0 Å². The van der Waals surface area contributed by atoms with Crippen LogP contribution in [0.25, 0.3) is 0 Å². The Morgan fingerprint density at radius 2 is 2.07 bits per heavy atom. The Morgan fingerprint density at radius 1 is 1.43 bits per heavy atom. The minimum Gasteiger partial charge on any atom is -0.392 e. The molecule has 14 heavy (non-hydrogen) atoms. The number of nitrogens with two attached hydrogens (primary N) is 2. The van der Waals surface area contributed by atoms with Crippen LogP contribution in [0.5, 0.6) is 0 Å². The highest BCUT2D eigenvalue weighted by molar-refractivity contribution is 7.80. The van der Waals surface area contributed by atoms with Crippen molar-refractivity contribution in [3.05, 3.63) is 0 Å². The second kappa shape index (κ2) is 7.78. The Morgan fingerprint density at radius 3 is 2.57 bits per heavy atom. The molecule has 0 aromatic carbocycles. The minimum atomic E-state index is -0.769. The minimum absolute atomic E-state index is 0.149. The molecule has 0 aliphatic carbocycles. The largest absolute Gasteiger partial charge is 0.392 e. The van der Waals surface area contributed by atoms with Crippen LogP contribution in [0.3, 0.4) is 0 Å². The maximum atomic E-state index is 11.1. The van der Waals surface area contributed by atoms with Crippen LogP contribution in [-0.2, 0) is 14.3 Å². The molecule has 0 aliphatic rings. The number of thiol groups is 1. The second-order valence-corrected chi connectivity index (χ2v) is 3.25. The molecule has 6 heteroatoms. The van der Waals surface area contributed by atoms with Gasteiger partial charge in [0.25, 0.3) is 0 Å². The summed E-state index contributed by atoms with van der Waals surface area (Å²) in [5.74, 6) is -0.788. The summed E-state index contributed by atoms with van der Waals surface area (Å²) < 4.78 is 4.47. The summed E-state index contributed by atoms with van der Waals surface area (Å²) in [4.78, 5) is 22.0. The highest BCUT2D eigenvalue weighted by Gasteiger charge is 2.17. The molecule has 0 rings (SSSR count). The zero-order chi connectivity index (χ0) is 11.0. The number of carbonyl (C=O) groups excluding carboxylic acids is 2. The van der Waals surface area contributed by atoms with Gasteiger partial charge in [-0.05, 0) is 25.1 Å². The van der Waals surface area contributed by atoms with Gasteiger partial charge in [-0.2, -0.15) is 12.6 Å². The van der Waals surface area contributed by atoms with Gasteiger partial charge in [-0.25, -0.2) is 4.79 Å². The third-order valence-corrected chi connectivity index (χ3v) is 1.80. The summed E-state index contributed by atoms with van der Waals surface area (Å²) in [6.07, 6.45) is 1.05. The number of esters is 2. The van der Waals surface area contributed by atoms with Crippen LogP contribution in [-0.4, -0.2) is 30.3 Å². The van der Waals surface area contributed by atoms with Crippen LogP contribution < -0.4 is 11.5 Å². The van der Waals surface area contributed by atoms with E-state index in [4.69, 9.17) is 11.5 Å². The van der Waals surface area contributed by atoms with Crippen LogP contribution in [0.2, 0.25) is 0 Å². The van der Waals surface area contributed by atoms with E-state index in [1.54, 1.807) is 0 Å². The Hall–Kier alpha value is -0.590. The molecule has 0 aromatic heterocycles. The lowest BCUT2D eigenvalue weighted by atomic mass is 10.2. The van der Waals surface area contributed by atoms with Gasteiger partial charge in [-0.1, -0.05) is 0 Å². The maximum Gasteiger partial charge on any atom is 0.330 e. The van der Waals surface area contributed by atoms with Crippen LogP contribution in [0, 0.1) is 0 Å². The summed E-state index contributed by atoms with van der Waals surface area (Å²) >= 11 is 3.91. The van der Waals surface area contributed by atoms with Crippen molar-refractivity contribution in [1.29, 1.82) is 0 Å². The number of carbonyl (C=O) groups is 2. The molecule has 0 saturated heterocycles. The van der Waals surface area contributed by atoms with E-state index in [1.807, 2.05) is 0 Å². The summed E-state index contributed by atoms with van der Waals surface area (Å²) in [7, 11) is 0. The van der Waals surface area contributed by atoms with Crippen LogP contribution in [0.1, 0.15) is 19.3 Å².